The molecule has 6 N–H and O–H groups in total. The number of carbonyl (C=O) groups is 2. The highest BCUT2D eigenvalue weighted by atomic mass is 16.5. The second-order valence-electron chi connectivity index (χ2n) is 7.01. The summed E-state index contributed by atoms with van der Waals surface area (Å²) in [5.74, 6) is -0.425. The van der Waals surface area contributed by atoms with Crippen molar-refractivity contribution < 1.29 is 39.9 Å². The van der Waals surface area contributed by atoms with Gasteiger partial charge in [0.2, 0.25) is 5.91 Å². The van der Waals surface area contributed by atoms with Crippen molar-refractivity contribution >= 4 is 11.9 Å². The first-order chi connectivity index (χ1) is 13.3. The lowest BCUT2D eigenvalue weighted by Gasteiger charge is -2.25. The van der Waals surface area contributed by atoms with Crippen molar-refractivity contribution in [1.29, 1.82) is 0 Å². The number of nitrogens with one attached hydrogen (secondary N) is 1. The molecule has 0 radical (unpaired) electrons. The van der Waals surface area contributed by atoms with Crippen molar-refractivity contribution in [2.75, 3.05) is 20.3 Å². The number of esters is 1. The number of ether oxygens (including phenoxy) is 1. The average molecular weight is 408 g/mol. The summed E-state index contributed by atoms with van der Waals surface area (Å²) in [5.41, 5.74) is 0. The summed E-state index contributed by atoms with van der Waals surface area (Å²) < 4.78 is 4.58. The van der Waals surface area contributed by atoms with E-state index in [2.05, 4.69) is 10.1 Å². The van der Waals surface area contributed by atoms with Gasteiger partial charge in [0, 0.05) is 19.4 Å². The van der Waals surface area contributed by atoms with Gasteiger partial charge >= 0.3 is 5.97 Å². The van der Waals surface area contributed by atoms with Crippen LogP contribution in [0.5, 0.6) is 0 Å². The SMILES string of the molecule is COC(=O)CCCCCCCCCCC(=O)NC[C@H](O)[C@@H](O)[C@H](O)C(O)CO. The van der Waals surface area contributed by atoms with Crippen LogP contribution in [0.4, 0.5) is 0 Å². The minimum Gasteiger partial charge on any atom is -0.469 e. The summed E-state index contributed by atoms with van der Waals surface area (Å²) >= 11 is 0. The number of rotatable bonds is 17. The molecule has 166 valence electrons. The molecule has 1 unspecified atom stereocenters. The molecule has 1 amide bonds. The molecule has 0 aromatic carbocycles. The molecular weight excluding hydrogens is 370 g/mol. The van der Waals surface area contributed by atoms with Crippen LogP contribution in [0.1, 0.15) is 64.2 Å². The summed E-state index contributed by atoms with van der Waals surface area (Å²) in [6, 6.07) is 0. The van der Waals surface area contributed by atoms with Gasteiger partial charge in [-0.3, -0.25) is 9.59 Å². The standard InChI is InChI=1S/C19H37NO8/c1-28-17(25)11-9-7-5-3-2-4-6-8-10-16(24)20-12-14(22)18(26)19(27)15(23)13-21/h14-15,18-19,21-23,26-27H,2-13H2,1H3,(H,20,24)/t14-,15?,18+,19+/m0/s1. The van der Waals surface area contributed by atoms with Crippen molar-refractivity contribution in [1.82, 2.24) is 5.32 Å². The Hall–Kier alpha value is -1.26. The number of aliphatic hydroxyl groups excluding tert-OH is 5. The van der Waals surface area contributed by atoms with Crippen molar-refractivity contribution in [3.63, 3.8) is 0 Å². The van der Waals surface area contributed by atoms with Crippen molar-refractivity contribution in [3.05, 3.63) is 0 Å². The molecule has 0 rings (SSSR count). The highest BCUT2D eigenvalue weighted by Crippen LogP contribution is 2.11. The summed E-state index contributed by atoms with van der Waals surface area (Å²) in [6.07, 6.45) is 2.18. The van der Waals surface area contributed by atoms with E-state index in [-0.39, 0.29) is 18.4 Å². The number of amides is 1. The largest absolute Gasteiger partial charge is 0.469 e. The third kappa shape index (κ3) is 13.0. The minimum absolute atomic E-state index is 0.167. The Morgan fingerprint density at radius 2 is 1.25 bits per heavy atom. The third-order valence-electron chi connectivity index (χ3n) is 4.60. The molecule has 0 heterocycles. The van der Waals surface area contributed by atoms with E-state index in [0.29, 0.717) is 12.8 Å². The van der Waals surface area contributed by atoms with Crippen LogP contribution >= 0.6 is 0 Å². The maximum absolute atomic E-state index is 11.7. The summed E-state index contributed by atoms with van der Waals surface area (Å²) in [6.45, 7) is -0.994. The smallest absolute Gasteiger partial charge is 0.305 e. The molecule has 0 aromatic heterocycles. The van der Waals surface area contributed by atoms with Crippen LogP contribution in [0, 0.1) is 0 Å². The molecule has 0 aliphatic rings. The first-order valence-electron chi connectivity index (χ1n) is 10.00. The first-order valence-corrected chi connectivity index (χ1v) is 10.00. The first kappa shape index (κ1) is 26.7. The van der Waals surface area contributed by atoms with E-state index in [4.69, 9.17) is 5.11 Å². The maximum Gasteiger partial charge on any atom is 0.305 e. The van der Waals surface area contributed by atoms with Crippen molar-refractivity contribution in [2.45, 2.75) is 88.6 Å². The van der Waals surface area contributed by atoms with Gasteiger partial charge in [-0.05, 0) is 12.8 Å². The molecule has 0 aliphatic heterocycles. The Morgan fingerprint density at radius 3 is 1.75 bits per heavy atom. The topological polar surface area (TPSA) is 157 Å². The van der Waals surface area contributed by atoms with E-state index in [1.165, 1.54) is 7.11 Å². The fourth-order valence-corrected chi connectivity index (χ4v) is 2.71. The monoisotopic (exact) mass is 407 g/mol. The highest BCUT2D eigenvalue weighted by Gasteiger charge is 2.30. The van der Waals surface area contributed by atoms with Gasteiger partial charge in [-0.15, -0.1) is 0 Å². The lowest BCUT2D eigenvalue weighted by Crippen LogP contribution is -2.49. The maximum atomic E-state index is 11.7. The van der Waals surface area contributed by atoms with Gasteiger partial charge in [0.1, 0.15) is 18.3 Å². The zero-order valence-electron chi connectivity index (χ0n) is 16.8. The minimum atomic E-state index is -1.70. The second kappa shape index (κ2) is 16.7. The van der Waals surface area contributed by atoms with Crippen LogP contribution < -0.4 is 5.32 Å². The lowest BCUT2D eigenvalue weighted by molar-refractivity contribution is -0.140. The zero-order valence-corrected chi connectivity index (χ0v) is 16.8. The number of unbranched alkanes of at least 4 members (excludes halogenated alkanes) is 7. The molecule has 0 saturated heterocycles. The molecular formula is C19H37NO8. The lowest BCUT2D eigenvalue weighted by atomic mass is 10.0. The van der Waals surface area contributed by atoms with Gasteiger partial charge in [-0.2, -0.15) is 0 Å². The predicted molar refractivity (Wildman–Crippen MR) is 102 cm³/mol. The number of hydrogen-bond donors (Lipinski definition) is 6. The number of aliphatic hydroxyl groups is 5. The van der Waals surface area contributed by atoms with Crippen LogP contribution in [0.25, 0.3) is 0 Å². The molecule has 28 heavy (non-hydrogen) atoms. The number of hydrogen-bond acceptors (Lipinski definition) is 8. The molecule has 0 fully saturated rings. The Bertz CT molecular complexity index is 421. The number of methoxy groups -OCH3 is 1. The summed E-state index contributed by atoms with van der Waals surface area (Å²) in [4.78, 5) is 22.7. The van der Waals surface area contributed by atoms with E-state index < -0.39 is 31.0 Å². The van der Waals surface area contributed by atoms with E-state index in [0.717, 1.165) is 51.4 Å². The van der Waals surface area contributed by atoms with E-state index >= 15 is 0 Å². The number of carbonyl (C=O) groups excluding carboxylic acids is 2. The molecule has 0 aromatic rings. The highest BCUT2D eigenvalue weighted by molar-refractivity contribution is 5.75. The van der Waals surface area contributed by atoms with Gasteiger partial charge in [-0.1, -0.05) is 38.5 Å². The molecule has 9 nitrogen and oxygen atoms in total. The van der Waals surface area contributed by atoms with Gasteiger partial charge in [-0.25, -0.2) is 0 Å². The normalized spacial score (nSPS) is 15.5. The van der Waals surface area contributed by atoms with Crippen LogP contribution in [-0.2, 0) is 14.3 Å². The molecule has 4 atom stereocenters. The van der Waals surface area contributed by atoms with Crippen molar-refractivity contribution in [3.8, 4) is 0 Å². The molecule has 0 bridgehead atoms. The fraction of sp³-hybridized carbons (Fsp3) is 0.895. The Kier molecular flexibility index (Phi) is 15.9. The summed E-state index contributed by atoms with van der Waals surface area (Å²) in [7, 11) is 1.39. The van der Waals surface area contributed by atoms with E-state index in [9.17, 15) is 30.0 Å². The van der Waals surface area contributed by atoms with Crippen LogP contribution in [0.3, 0.4) is 0 Å². The molecule has 9 heteroatoms. The Morgan fingerprint density at radius 1 is 0.786 bits per heavy atom. The third-order valence-corrected chi connectivity index (χ3v) is 4.60. The van der Waals surface area contributed by atoms with Crippen LogP contribution in [0.15, 0.2) is 0 Å². The molecule has 0 aliphatic carbocycles. The zero-order chi connectivity index (χ0) is 21.4. The Balaban J connectivity index is 3.61. The van der Waals surface area contributed by atoms with Crippen LogP contribution in [0.2, 0.25) is 0 Å². The average Bonchev–Trinajstić information content (AvgIpc) is 2.71. The Labute approximate surface area is 166 Å². The van der Waals surface area contributed by atoms with Crippen LogP contribution in [-0.4, -0.2) is 82.1 Å². The predicted octanol–water partition coefficient (Wildman–Crippen LogP) is -0.387. The van der Waals surface area contributed by atoms with Gasteiger partial charge in [0.15, 0.2) is 0 Å². The van der Waals surface area contributed by atoms with E-state index in [1.54, 1.807) is 0 Å². The van der Waals surface area contributed by atoms with Crippen molar-refractivity contribution in [2.24, 2.45) is 0 Å². The van der Waals surface area contributed by atoms with E-state index in [1.807, 2.05) is 0 Å². The second-order valence-corrected chi connectivity index (χ2v) is 7.01. The fourth-order valence-electron chi connectivity index (χ4n) is 2.71. The van der Waals surface area contributed by atoms with Gasteiger partial charge < -0.3 is 35.6 Å². The summed E-state index contributed by atoms with van der Waals surface area (Å²) in [5, 5.41) is 49.3. The van der Waals surface area contributed by atoms with Gasteiger partial charge in [0.25, 0.3) is 0 Å². The molecule has 0 spiro atoms. The quantitative estimate of drug-likeness (QED) is 0.141. The van der Waals surface area contributed by atoms with Gasteiger partial charge in [0.05, 0.1) is 19.8 Å². The molecule has 0 saturated carbocycles.